The molecule has 0 fully saturated rings. The number of methoxy groups -OCH3 is 3. The average Bonchev–Trinajstić information content (AvgIpc) is 2.71. The van der Waals surface area contributed by atoms with Gasteiger partial charge in [-0.25, -0.2) is 4.98 Å². The predicted molar refractivity (Wildman–Crippen MR) is 105 cm³/mol. The van der Waals surface area contributed by atoms with Gasteiger partial charge in [0.1, 0.15) is 11.4 Å². The van der Waals surface area contributed by atoms with Crippen molar-refractivity contribution in [2.75, 3.05) is 33.2 Å². The van der Waals surface area contributed by atoms with Gasteiger partial charge in [0.05, 0.1) is 21.3 Å². The predicted octanol–water partition coefficient (Wildman–Crippen LogP) is 2.75. The SMILES string of the molecule is COc1cc(NC(=O)c2cccc(C(=O)NCC(C)C)n2)cc(OC)c1OC. The summed E-state index contributed by atoms with van der Waals surface area (Å²) >= 11 is 0. The van der Waals surface area contributed by atoms with Crippen molar-refractivity contribution < 1.29 is 23.8 Å². The molecule has 1 heterocycles. The first-order chi connectivity index (χ1) is 13.4. The third-order valence-corrected chi connectivity index (χ3v) is 3.81. The van der Waals surface area contributed by atoms with Crippen molar-refractivity contribution in [3.63, 3.8) is 0 Å². The minimum Gasteiger partial charge on any atom is -0.493 e. The molecule has 2 rings (SSSR count). The Morgan fingerprint density at radius 2 is 1.54 bits per heavy atom. The maximum Gasteiger partial charge on any atom is 0.274 e. The summed E-state index contributed by atoms with van der Waals surface area (Å²) < 4.78 is 15.8. The van der Waals surface area contributed by atoms with Crippen molar-refractivity contribution in [1.29, 1.82) is 0 Å². The zero-order valence-electron chi connectivity index (χ0n) is 16.7. The van der Waals surface area contributed by atoms with Gasteiger partial charge < -0.3 is 24.8 Å². The molecule has 2 aromatic rings. The first-order valence-electron chi connectivity index (χ1n) is 8.76. The number of rotatable bonds is 8. The maximum absolute atomic E-state index is 12.6. The fraction of sp³-hybridized carbons (Fsp3) is 0.350. The number of benzene rings is 1. The van der Waals surface area contributed by atoms with Crippen molar-refractivity contribution >= 4 is 17.5 Å². The van der Waals surface area contributed by atoms with E-state index in [2.05, 4.69) is 15.6 Å². The van der Waals surface area contributed by atoms with Crippen molar-refractivity contribution in [3.8, 4) is 17.2 Å². The van der Waals surface area contributed by atoms with Crippen LogP contribution in [0.3, 0.4) is 0 Å². The van der Waals surface area contributed by atoms with Crippen LogP contribution in [0.15, 0.2) is 30.3 Å². The standard InChI is InChI=1S/C20H25N3O5/c1-12(2)11-21-19(24)14-7-6-8-15(23-14)20(25)22-13-9-16(26-3)18(28-5)17(10-13)27-4/h6-10,12H,11H2,1-5H3,(H,21,24)(H,22,25). The van der Waals surface area contributed by atoms with E-state index >= 15 is 0 Å². The summed E-state index contributed by atoms with van der Waals surface area (Å²) in [6.07, 6.45) is 0. The van der Waals surface area contributed by atoms with Crippen LogP contribution in [0.25, 0.3) is 0 Å². The lowest BCUT2D eigenvalue weighted by Gasteiger charge is -2.14. The van der Waals surface area contributed by atoms with E-state index in [9.17, 15) is 9.59 Å². The Hall–Kier alpha value is -3.29. The van der Waals surface area contributed by atoms with Crippen LogP contribution >= 0.6 is 0 Å². The molecule has 0 aliphatic rings. The van der Waals surface area contributed by atoms with Crippen molar-refractivity contribution in [2.24, 2.45) is 5.92 Å². The molecule has 0 aliphatic heterocycles. The average molecular weight is 387 g/mol. The third kappa shape index (κ3) is 5.12. The van der Waals surface area contributed by atoms with Gasteiger partial charge in [0, 0.05) is 24.4 Å². The van der Waals surface area contributed by atoms with Crippen LogP contribution in [0.4, 0.5) is 5.69 Å². The maximum atomic E-state index is 12.6. The molecule has 150 valence electrons. The van der Waals surface area contributed by atoms with Crippen LogP contribution in [0, 0.1) is 5.92 Å². The molecule has 0 aliphatic carbocycles. The monoisotopic (exact) mass is 387 g/mol. The van der Waals surface area contributed by atoms with Crippen LogP contribution in [-0.2, 0) is 0 Å². The van der Waals surface area contributed by atoms with Crippen LogP contribution in [-0.4, -0.2) is 44.7 Å². The Kier molecular flexibility index (Phi) is 7.20. The molecule has 0 spiro atoms. The largest absolute Gasteiger partial charge is 0.493 e. The number of carbonyl (C=O) groups excluding carboxylic acids is 2. The van der Waals surface area contributed by atoms with E-state index in [0.717, 1.165) is 0 Å². The van der Waals surface area contributed by atoms with Crippen LogP contribution < -0.4 is 24.8 Å². The van der Waals surface area contributed by atoms with Gasteiger partial charge in [-0.05, 0) is 18.1 Å². The molecule has 28 heavy (non-hydrogen) atoms. The number of hydrogen-bond acceptors (Lipinski definition) is 6. The summed E-state index contributed by atoms with van der Waals surface area (Å²) in [6.45, 7) is 4.52. The third-order valence-electron chi connectivity index (χ3n) is 3.81. The van der Waals surface area contributed by atoms with E-state index in [1.54, 1.807) is 24.3 Å². The second-order valence-corrected chi connectivity index (χ2v) is 6.38. The number of ether oxygens (including phenoxy) is 3. The first kappa shape index (κ1) is 21.0. The Bertz CT molecular complexity index is 826. The van der Waals surface area contributed by atoms with Crippen molar-refractivity contribution in [3.05, 3.63) is 41.7 Å². The molecule has 0 bridgehead atoms. The van der Waals surface area contributed by atoms with Gasteiger partial charge in [0.15, 0.2) is 11.5 Å². The van der Waals surface area contributed by atoms with E-state index in [-0.39, 0.29) is 17.3 Å². The number of amides is 2. The minimum atomic E-state index is -0.465. The number of anilines is 1. The first-order valence-corrected chi connectivity index (χ1v) is 8.76. The quantitative estimate of drug-likeness (QED) is 0.723. The fourth-order valence-corrected chi connectivity index (χ4v) is 2.42. The number of carbonyl (C=O) groups is 2. The molecule has 8 heteroatoms. The van der Waals surface area contributed by atoms with E-state index in [1.165, 1.54) is 27.4 Å². The smallest absolute Gasteiger partial charge is 0.274 e. The highest BCUT2D eigenvalue weighted by Crippen LogP contribution is 2.39. The van der Waals surface area contributed by atoms with Crippen LogP contribution in [0.1, 0.15) is 34.8 Å². The van der Waals surface area contributed by atoms with Gasteiger partial charge in [-0.15, -0.1) is 0 Å². The Labute approximate surface area is 164 Å². The highest BCUT2D eigenvalue weighted by molar-refractivity contribution is 6.04. The highest BCUT2D eigenvalue weighted by Gasteiger charge is 2.17. The van der Waals surface area contributed by atoms with Gasteiger partial charge in [-0.3, -0.25) is 9.59 Å². The lowest BCUT2D eigenvalue weighted by Crippen LogP contribution is -2.28. The number of nitrogens with zero attached hydrogens (tertiary/aromatic N) is 1. The molecule has 2 amide bonds. The lowest BCUT2D eigenvalue weighted by atomic mass is 10.2. The number of aromatic nitrogens is 1. The second kappa shape index (κ2) is 9.59. The summed E-state index contributed by atoms with van der Waals surface area (Å²) in [7, 11) is 4.48. The molecule has 0 unspecified atom stereocenters. The number of pyridine rings is 1. The molecule has 8 nitrogen and oxygen atoms in total. The molecule has 0 saturated carbocycles. The zero-order valence-corrected chi connectivity index (χ0v) is 16.7. The van der Waals surface area contributed by atoms with Gasteiger partial charge >= 0.3 is 0 Å². The van der Waals surface area contributed by atoms with E-state index in [4.69, 9.17) is 14.2 Å². The van der Waals surface area contributed by atoms with E-state index in [0.29, 0.717) is 35.4 Å². The van der Waals surface area contributed by atoms with Crippen molar-refractivity contribution in [1.82, 2.24) is 10.3 Å². The molecular weight excluding hydrogens is 362 g/mol. The summed E-state index contributed by atoms with van der Waals surface area (Å²) in [5, 5.41) is 5.50. The molecule has 0 atom stereocenters. The molecule has 1 aromatic carbocycles. The molecule has 2 N–H and O–H groups in total. The Morgan fingerprint density at radius 3 is 2.04 bits per heavy atom. The summed E-state index contributed by atoms with van der Waals surface area (Å²) in [6, 6.07) is 7.93. The Morgan fingerprint density at radius 1 is 0.964 bits per heavy atom. The van der Waals surface area contributed by atoms with Gasteiger partial charge in [-0.1, -0.05) is 19.9 Å². The fourth-order valence-electron chi connectivity index (χ4n) is 2.42. The summed E-state index contributed by atoms with van der Waals surface area (Å²) in [5.74, 6) is 0.767. The summed E-state index contributed by atoms with van der Waals surface area (Å²) in [4.78, 5) is 28.9. The molecule has 0 saturated heterocycles. The van der Waals surface area contributed by atoms with Crippen LogP contribution in [0.2, 0.25) is 0 Å². The second-order valence-electron chi connectivity index (χ2n) is 6.38. The summed E-state index contributed by atoms with van der Waals surface area (Å²) in [5.41, 5.74) is 0.736. The Balaban J connectivity index is 2.21. The topological polar surface area (TPSA) is 98.8 Å². The van der Waals surface area contributed by atoms with E-state index < -0.39 is 5.91 Å². The van der Waals surface area contributed by atoms with Crippen LogP contribution in [0.5, 0.6) is 17.2 Å². The van der Waals surface area contributed by atoms with Gasteiger partial charge in [0.2, 0.25) is 5.75 Å². The molecule has 1 aromatic heterocycles. The molecular formula is C20H25N3O5. The van der Waals surface area contributed by atoms with Crippen molar-refractivity contribution in [2.45, 2.75) is 13.8 Å². The van der Waals surface area contributed by atoms with E-state index in [1.807, 2.05) is 13.8 Å². The molecule has 0 radical (unpaired) electrons. The number of hydrogen-bond donors (Lipinski definition) is 2. The van der Waals surface area contributed by atoms with Gasteiger partial charge in [0.25, 0.3) is 11.8 Å². The highest BCUT2D eigenvalue weighted by atomic mass is 16.5. The minimum absolute atomic E-state index is 0.117. The van der Waals surface area contributed by atoms with Gasteiger partial charge in [-0.2, -0.15) is 0 Å². The lowest BCUT2D eigenvalue weighted by molar-refractivity contribution is 0.0944. The zero-order chi connectivity index (χ0) is 20.7. The normalized spacial score (nSPS) is 10.4. The number of nitrogens with one attached hydrogen (secondary N) is 2.